The monoisotopic (exact) mass is 409 g/mol. The Hall–Kier alpha value is -1.85. The molecule has 2 aromatic carbocycles. The molecule has 126 valence electrons. The highest BCUT2D eigenvalue weighted by molar-refractivity contribution is 9.10. The third-order valence-corrected chi connectivity index (χ3v) is 4.14. The van der Waals surface area contributed by atoms with E-state index in [9.17, 15) is 9.90 Å². The van der Waals surface area contributed by atoms with E-state index in [4.69, 9.17) is 16.3 Å². The van der Waals surface area contributed by atoms with Gasteiger partial charge in [0.05, 0.1) is 9.50 Å². The first-order valence-corrected chi connectivity index (χ1v) is 8.43. The Labute approximate surface area is 154 Å². The molecule has 0 aliphatic heterocycles. The van der Waals surface area contributed by atoms with Crippen LogP contribution in [0.3, 0.4) is 0 Å². The Morgan fingerprint density at radius 3 is 2.75 bits per heavy atom. The molecule has 0 aliphatic carbocycles. The molecule has 0 unspecified atom stereocenters. The molecule has 0 amide bonds. The molecule has 2 aromatic rings. The molecule has 1 N–H and O–H groups in total. The van der Waals surface area contributed by atoms with E-state index < -0.39 is 0 Å². The van der Waals surface area contributed by atoms with Crippen LogP contribution in [0.25, 0.3) is 0 Å². The maximum absolute atomic E-state index is 11.9. The number of aromatic hydroxyl groups is 1. The van der Waals surface area contributed by atoms with Gasteiger partial charge in [0.1, 0.15) is 24.7 Å². The molecule has 0 aliphatic rings. The van der Waals surface area contributed by atoms with Gasteiger partial charge in [-0.25, -0.2) is 0 Å². The topological polar surface area (TPSA) is 58.9 Å². The van der Waals surface area contributed by atoms with Crippen molar-refractivity contribution in [1.29, 1.82) is 0 Å². The van der Waals surface area contributed by atoms with E-state index in [0.29, 0.717) is 11.3 Å². The average Bonchev–Trinajstić information content (AvgIpc) is 2.49. The third kappa shape index (κ3) is 5.08. The van der Waals surface area contributed by atoms with Crippen LogP contribution in [0.4, 0.5) is 0 Å². The average molecular weight is 411 g/mol. The molecule has 0 aromatic heterocycles. The Balaban J connectivity index is 1.90. The molecule has 0 heterocycles. The lowest BCUT2D eigenvalue weighted by Crippen LogP contribution is -2.15. The summed E-state index contributed by atoms with van der Waals surface area (Å²) in [6.07, 6.45) is 1.51. The Morgan fingerprint density at radius 2 is 2.08 bits per heavy atom. The summed E-state index contributed by atoms with van der Waals surface area (Å²) in [4.78, 5) is 16.0. The molecule has 0 radical (unpaired) electrons. The van der Waals surface area contributed by atoms with Gasteiger partial charge in [-0.1, -0.05) is 23.7 Å². The summed E-state index contributed by atoms with van der Waals surface area (Å²) in [6, 6.07) is 8.70. The Morgan fingerprint density at radius 1 is 1.33 bits per heavy atom. The summed E-state index contributed by atoms with van der Waals surface area (Å²) >= 11 is 9.17. The number of aliphatic imine (C=N–C) groups is 1. The lowest BCUT2D eigenvalue weighted by molar-refractivity contribution is -0.119. The highest BCUT2D eigenvalue weighted by atomic mass is 79.9. The van der Waals surface area contributed by atoms with Crippen molar-refractivity contribution in [2.24, 2.45) is 4.99 Å². The molecular formula is C18H17BrClNO3. The van der Waals surface area contributed by atoms with E-state index in [1.165, 1.54) is 12.3 Å². The third-order valence-electron chi connectivity index (χ3n) is 3.23. The molecule has 0 atom stereocenters. The minimum atomic E-state index is -0.142. The second-order valence-corrected chi connectivity index (χ2v) is 6.66. The van der Waals surface area contributed by atoms with Gasteiger partial charge >= 0.3 is 0 Å². The van der Waals surface area contributed by atoms with Gasteiger partial charge < -0.3 is 9.84 Å². The van der Waals surface area contributed by atoms with Gasteiger partial charge in [-0.2, -0.15) is 0 Å². The standard InChI is InChI=1S/C18H17BrClNO3/c1-11-5-12(2)18(15(19)6-11)24-10-14(22)9-21-8-13-3-4-16(20)17(23)7-13/h3-8,23H,9-10H2,1-2H3. The fourth-order valence-electron chi connectivity index (χ4n) is 2.15. The zero-order valence-electron chi connectivity index (χ0n) is 13.3. The number of benzene rings is 2. The van der Waals surface area contributed by atoms with E-state index in [0.717, 1.165) is 15.6 Å². The maximum atomic E-state index is 11.9. The molecule has 4 nitrogen and oxygen atoms in total. The summed E-state index contributed by atoms with van der Waals surface area (Å²) in [5, 5.41) is 9.78. The van der Waals surface area contributed by atoms with Crippen LogP contribution in [0.1, 0.15) is 16.7 Å². The number of phenolic OH excluding ortho intramolecular Hbond substituents is 1. The van der Waals surface area contributed by atoms with Crippen LogP contribution in [0.2, 0.25) is 5.02 Å². The SMILES string of the molecule is Cc1cc(C)c(OCC(=O)CN=Cc2ccc(Cl)c(O)c2)c(Br)c1. The molecule has 0 saturated heterocycles. The highest BCUT2D eigenvalue weighted by Gasteiger charge is 2.09. The Kier molecular flexibility index (Phi) is 6.40. The van der Waals surface area contributed by atoms with Crippen LogP contribution < -0.4 is 4.74 Å². The largest absolute Gasteiger partial charge is 0.506 e. The molecule has 0 spiro atoms. The number of hydrogen-bond acceptors (Lipinski definition) is 4. The smallest absolute Gasteiger partial charge is 0.191 e. The highest BCUT2D eigenvalue weighted by Crippen LogP contribution is 2.30. The molecular weight excluding hydrogens is 394 g/mol. The zero-order valence-corrected chi connectivity index (χ0v) is 15.7. The predicted molar refractivity (Wildman–Crippen MR) is 99.7 cm³/mol. The van der Waals surface area contributed by atoms with E-state index in [1.54, 1.807) is 12.1 Å². The van der Waals surface area contributed by atoms with E-state index in [1.807, 2.05) is 26.0 Å². The lowest BCUT2D eigenvalue weighted by Gasteiger charge is -2.11. The zero-order chi connectivity index (χ0) is 17.7. The number of halogens is 2. The first kappa shape index (κ1) is 18.5. The summed E-state index contributed by atoms with van der Waals surface area (Å²) in [5.41, 5.74) is 2.76. The van der Waals surface area contributed by atoms with Crippen molar-refractivity contribution >= 4 is 39.5 Å². The number of carbonyl (C=O) groups excluding carboxylic acids is 1. The molecule has 0 bridgehead atoms. The van der Waals surface area contributed by atoms with Crippen molar-refractivity contribution in [2.45, 2.75) is 13.8 Å². The Bertz CT molecular complexity index is 767. The van der Waals surface area contributed by atoms with Gasteiger partial charge in [0.15, 0.2) is 5.78 Å². The number of ether oxygens (including phenoxy) is 1. The van der Waals surface area contributed by atoms with Crippen molar-refractivity contribution in [1.82, 2.24) is 0 Å². The maximum Gasteiger partial charge on any atom is 0.191 e. The fourth-order valence-corrected chi connectivity index (χ4v) is 3.05. The lowest BCUT2D eigenvalue weighted by atomic mass is 10.1. The van der Waals surface area contributed by atoms with Gasteiger partial charge in [-0.3, -0.25) is 9.79 Å². The van der Waals surface area contributed by atoms with E-state index >= 15 is 0 Å². The summed E-state index contributed by atoms with van der Waals surface area (Å²) in [6.45, 7) is 3.89. The van der Waals surface area contributed by atoms with E-state index in [-0.39, 0.29) is 29.7 Å². The van der Waals surface area contributed by atoms with Crippen LogP contribution in [0, 0.1) is 13.8 Å². The van der Waals surface area contributed by atoms with Crippen molar-refractivity contribution in [3.8, 4) is 11.5 Å². The second kappa shape index (κ2) is 8.31. The second-order valence-electron chi connectivity index (χ2n) is 5.40. The number of aryl methyl sites for hydroxylation is 2. The molecule has 6 heteroatoms. The number of Topliss-reactive ketones (excluding diaryl/α,β-unsaturated/α-hetero) is 1. The first-order valence-electron chi connectivity index (χ1n) is 7.26. The minimum Gasteiger partial charge on any atom is -0.506 e. The molecule has 2 rings (SSSR count). The van der Waals surface area contributed by atoms with Crippen molar-refractivity contribution in [3.63, 3.8) is 0 Å². The predicted octanol–water partition coefficient (Wildman–Crippen LogP) is 4.49. The fraction of sp³-hybridized carbons (Fsp3) is 0.222. The van der Waals surface area contributed by atoms with Gasteiger partial charge in [0.25, 0.3) is 0 Å². The molecule has 0 fully saturated rings. The van der Waals surface area contributed by atoms with E-state index in [2.05, 4.69) is 20.9 Å². The van der Waals surface area contributed by atoms with Gasteiger partial charge in [0, 0.05) is 6.21 Å². The van der Waals surface area contributed by atoms with Crippen LogP contribution in [-0.4, -0.2) is 30.3 Å². The van der Waals surface area contributed by atoms with Crippen molar-refractivity contribution < 1.29 is 14.6 Å². The van der Waals surface area contributed by atoms with Crippen LogP contribution in [-0.2, 0) is 4.79 Å². The number of carbonyl (C=O) groups is 1. The number of nitrogens with zero attached hydrogens (tertiary/aromatic N) is 1. The summed E-state index contributed by atoms with van der Waals surface area (Å²) in [7, 11) is 0. The summed E-state index contributed by atoms with van der Waals surface area (Å²) < 4.78 is 6.42. The van der Waals surface area contributed by atoms with Crippen molar-refractivity contribution in [2.75, 3.05) is 13.2 Å². The number of rotatable bonds is 6. The van der Waals surface area contributed by atoms with Gasteiger partial charge in [-0.15, -0.1) is 0 Å². The minimum absolute atomic E-state index is 0.00587. The number of phenols is 1. The first-order chi connectivity index (χ1) is 11.4. The molecule has 24 heavy (non-hydrogen) atoms. The normalized spacial score (nSPS) is 11.0. The van der Waals surface area contributed by atoms with Crippen molar-refractivity contribution in [3.05, 3.63) is 56.5 Å². The number of ketones is 1. The number of hydrogen-bond donors (Lipinski definition) is 1. The van der Waals surface area contributed by atoms with Gasteiger partial charge in [0.2, 0.25) is 0 Å². The van der Waals surface area contributed by atoms with Crippen LogP contribution >= 0.6 is 27.5 Å². The van der Waals surface area contributed by atoms with Crippen LogP contribution in [0.15, 0.2) is 39.8 Å². The molecule has 0 saturated carbocycles. The summed E-state index contributed by atoms with van der Waals surface area (Å²) in [5.74, 6) is 0.506. The quantitative estimate of drug-likeness (QED) is 0.714. The van der Waals surface area contributed by atoms with Crippen LogP contribution in [0.5, 0.6) is 11.5 Å². The van der Waals surface area contributed by atoms with Gasteiger partial charge in [-0.05, 0) is 64.7 Å².